The van der Waals surface area contributed by atoms with Crippen LogP contribution in [0.1, 0.15) is 47.9 Å². The van der Waals surface area contributed by atoms with Gasteiger partial charge in [-0.3, -0.25) is 24.6 Å². The maximum Gasteiger partial charge on any atom is 0.270 e. The smallest absolute Gasteiger partial charge is 0.270 e. The van der Waals surface area contributed by atoms with E-state index in [1.54, 1.807) is 6.07 Å². The van der Waals surface area contributed by atoms with E-state index in [1.165, 1.54) is 30.5 Å². The SMILES string of the molecule is O=C1Nc2ccc([N+](=O)[O-])cc2/C1=C(/Nc1ccc(CN2CCCC2)cc1)c1ccc(CCN2CCCC2=O)cc1. The van der Waals surface area contributed by atoms with Crippen molar-refractivity contribution in [2.24, 2.45) is 0 Å². The van der Waals surface area contributed by atoms with Crippen molar-refractivity contribution in [1.82, 2.24) is 9.80 Å². The molecular weight excluding hydrogens is 518 g/mol. The quantitative estimate of drug-likeness (QED) is 0.213. The predicted octanol–water partition coefficient (Wildman–Crippen LogP) is 5.29. The highest BCUT2D eigenvalue weighted by Gasteiger charge is 2.30. The van der Waals surface area contributed by atoms with Crippen LogP contribution >= 0.6 is 0 Å². The predicted molar refractivity (Wildman–Crippen MR) is 159 cm³/mol. The molecule has 9 nitrogen and oxygen atoms in total. The number of carbonyl (C=O) groups is 2. The third kappa shape index (κ3) is 5.85. The van der Waals surface area contributed by atoms with E-state index in [2.05, 4.69) is 27.7 Å². The summed E-state index contributed by atoms with van der Waals surface area (Å²) in [6.45, 7) is 4.67. The van der Waals surface area contributed by atoms with E-state index in [-0.39, 0.29) is 17.5 Å². The monoisotopic (exact) mass is 551 g/mol. The molecule has 0 saturated carbocycles. The van der Waals surface area contributed by atoms with Crippen LogP contribution in [0.4, 0.5) is 17.1 Å². The number of rotatable bonds is 9. The number of nitro benzene ring substituents is 1. The molecule has 2 saturated heterocycles. The second-order valence-electron chi connectivity index (χ2n) is 10.9. The Morgan fingerprint density at radius 1 is 0.902 bits per heavy atom. The number of fused-ring (bicyclic) bond motifs is 1. The Kier molecular flexibility index (Phi) is 7.52. The van der Waals surface area contributed by atoms with Gasteiger partial charge in [-0.1, -0.05) is 36.4 Å². The van der Waals surface area contributed by atoms with Gasteiger partial charge in [-0.15, -0.1) is 0 Å². The summed E-state index contributed by atoms with van der Waals surface area (Å²) in [6.07, 6.45) is 4.78. The Hall–Kier alpha value is -4.50. The first kappa shape index (κ1) is 26.7. The molecule has 0 unspecified atom stereocenters. The van der Waals surface area contributed by atoms with Crippen LogP contribution < -0.4 is 10.6 Å². The van der Waals surface area contributed by atoms with Crippen LogP contribution in [0.3, 0.4) is 0 Å². The van der Waals surface area contributed by atoms with Crippen molar-refractivity contribution < 1.29 is 14.5 Å². The molecule has 2 fully saturated rings. The highest BCUT2D eigenvalue weighted by atomic mass is 16.6. The largest absolute Gasteiger partial charge is 0.354 e. The van der Waals surface area contributed by atoms with Crippen molar-refractivity contribution in [3.05, 3.63) is 99.1 Å². The van der Waals surface area contributed by atoms with Gasteiger partial charge in [0.25, 0.3) is 11.6 Å². The molecule has 2 N–H and O–H groups in total. The molecular formula is C32H33N5O4. The van der Waals surface area contributed by atoms with Crippen molar-refractivity contribution >= 4 is 40.1 Å². The van der Waals surface area contributed by atoms with Gasteiger partial charge in [-0.2, -0.15) is 0 Å². The van der Waals surface area contributed by atoms with E-state index in [0.29, 0.717) is 35.5 Å². The minimum atomic E-state index is -0.452. The minimum absolute atomic E-state index is 0.0739. The van der Waals surface area contributed by atoms with Gasteiger partial charge in [0.2, 0.25) is 5.91 Å². The molecule has 0 atom stereocenters. The van der Waals surface area contributed by atoms with Gasteiger partial charge in [0.05, 0.1) is 16.2 Å². The molecule has 0 radical (unpaired) electrons. The zero-order chi connectivity index (χ0) is 28.3. The molecule has 9 heteroatoms. The summed E-state index contributed by atoms with van der Waals surface area (Å²) in [5.74, 6) is -0.102. The highest BCUT2D eigenvalue weighted by Crippen LogP contribution is 2.39. The maximum atomic E-state index is 13.3. The van der Waals surface area contributed by atoms with E-state index in [0.717, 1.165) is 55.8 Å². The molecule has 0 aromatic heterocycles. The maximum absolute atomic E-state index is 13.3. The van der Waals surface area contributed by atoms with E-state index >= 15 is 0 Å². The van der Waals surface area contributed by atoms with Crippen LogP contribution in [0.2, 0.25) is 0 Å². The average molecular weight is 552 g/mol. The number of anilines is 2. The Morgan fingerprint density at radius 2 is 1.63 bits per heavy atom. The summed E-state index contributed by atoms with van der Waals surface area (Å²) in [7, 11) is 0. The molecule has 41 heavy (non-hydrogen) atoms. The summed E-state index contributed by atoms with van der Waals surface area (Å²) in [5.41, 5.74) is 5.84. The molecule has 0 aliphatic carbocycles. The molecule has 3 aromatic carbocycles. The first-order chi connectivity index (χ1) is 19.9. The number of nitro groups is 1. The lowest BCUT2D eigenvalue weighted by atomic mass is 9.98. The van der Waals surface area contributed by atoms with Crippen molar-refractivity contribution in [2.45, 2.75) is 38.6 Å². The summed E-state index contributed by atoms with van der Waals surface area (Å²) in [5, 5.41) is 17.9. The lowest BCUT2D eigenvalue weighted by molar-refractivity contribution is -0.384. The first-order valence-electron chi connectivity index (χ1n) is 14.2. The van der Waals surface area contributed by atoms with Crippen molar-refractivity contribution in [3.63, 3.8) is 0 Å². The average Bonchev–Trinajstić information content (AvgIpc) is 3.71. The molecule has 2 amide bonds. The zero-order valence-electron chi connectivity index (χ0n) is 22.9. The van der Waals surface area contributed by atoms with Crippen LogP contribution in [-0.4, -0.2) is 52.7 Å². The van der Waals surface area contributed by atoms with Gasteiger partial charge in [0.15, 0.2) is 0 Å². The second-order valence-corrected chi connectivity index (χ2v) is 10.9. The fourth-order valence-corrected chi connectivity index (χ4v) is 5.88. The van der Waals surface area contributed by atoms with Gasteiger partial charge >= 0.3 is 0 Å². The van der Waals surface area contributed by atoms with Gasteiger partial charge in [0, 0.05) is 55.1 Å². The van der Waals surface area contributed by atoms with Gasteiger partial charge in [-0.25, -0.2) is 0 Å². The summed E-state index contributed by atoms with van der Waals surface area (Å²) >= 11 is 0. The Bertz CT molecular complexity index is 1510. The third-order valence-corrected chi connectivity index (χ3v) is 8.12. The Labute approximate surface area is 239 Å². The van der Waals surface area contributed by atoms with E-state index in [1.807, 2.05) is 41.3 Å². The molecule has 0 bridgehead atoms. The van der Waals surface area contributed by atoms with Crippen LogP contribution in [0.15, 0.2) is 66.7 Å². The lowest BCUT2D eigenvalue weighted by Gasteiger charge is -2.18. The summed E-state index contributed by atoms with van der Waals surface area (Å²) in [4.78, 5) is 40.7. The van der Waals surface area contributed by atoms with E-state index in [9.17, 15) is 19.7 Å². The van der Waals surface area contributed by atoms with E-state index in [4.69, 9.17) is 0 Å². The number of nitrogens with zero attached hydrogens (tertiary/aromatic N) is 3. The summed E-state index contributed by atoms with van der Waals surface area (Å²) < 4.78 is 0. The molecule has 3 heterocycles. The molecule has 3 aromatic rings. The highest BCUT2D eigenvalue weighted by molar-refractivity contribution is 6.37. The minimum Gasteiger partial charge on any atom is -0.354 e. The number of benzene rings is 3. The molecule has 3 aliphatic rings. The van der Waals surface area contributed by atoms with E-state index < -0.39 is 4.92 Å². The molecule has 3 aliphatic heterocycles. The molecule has 0 spiro atoms. The van der Waals surface area contributed by atoms with Gasteiger partial charge in [0.1, 0.15) is 0 Å². The van der Waals surface area contributed by atoms with Crippen LogP contribution in [0, 0.1) is 10.1 Å². The number of likely N-dealkylation sites (tertiary alicyclic amines) is 2. The fraction of sp³-hybridized carbons (Fsp3) is 0.312. The number of hydrogen-bond donors (Lipinski definition) is 2. The van der Waals surface area contributed by atoms with Crippen molar-refractivity contribution in [3.8, 4) is 0 Å². The van der Waals surface area contributed by atoms with Crippen LogP contribution in [0.5, 0.6) is 0 Å². The number of nitrogens with one attached hydrogen (secondary N) is 2. The second kappa shape index (κ2) is 11.5. The zero-order valence-corrected chi connectivity index (χ0v) is 22.9. The Balaban J connectivity index is 1.32. The fourth-order valence-electron chi connectivity index (χ4n) is 5.88. The number of carbonyl (C=O) groups excluding carboxylic acids is 2. The van der Waals surface area contributed by atoms with Gasteiger partial charge < -0.3 is 15.5 Å². The van der Waals surface area contributed by atoms with Crippen molar-refractivity contribution in [2.75, 3.05) is 36.8 Å². The topological polar surface area (TPSA) is 108 Å². The Morgan fingerprint density at radius 3 is 2.32 bits per heavy atom. The van der Waals surface area contributed by atoms with Crippen LogP contribution in [0.25, 0.3) is 11.3 Å². The third-order valence-electron chi connectivity index (χ3n) is 8.12. The number of hydrogen-bond acceptors (Lipinski definition) is 6. The number of amides is 2. The lowest BCUT2D eigenvalue weighted by Crippen LogP contribution is -2.26. The van der Waals surface area contributed by atoms with Gasteiger partial charge in [-0.05, 0) is 73.7 Å². The standard InChI is InChI=1S/C32H33N5O4/c38-29-4-3-18-36(29)19-15-22-5-9-24(10-6-22)31(30-27-20-26(37(40)41)13-14-28(27)34-32(30)39)33-25-11-7-23(8-12-25)21-35-16-1-2-17-35/h5-14,20,33H,1-4,15-19,21H2,(H,34,39)/b31-30-. The van der Waals surface area contributed by atoms with Crippen LogP contribution in [-0.2, 0) is 22.6 Å². The molecule has 210 valence electrons. The normalized spacial score (nSPS) is 18.0. The van der Waals surface area contributed by atoms with Crippen molar-refractivity contribution in [1.29, 1.82) is 0 Å². The summed E-state index contributed by atoms with van der Waals surface area (Å²) in [6, 6.07) is 20.6. The molecule has 6 rings (SSSR count). The number of non-ortho nitro benzene ring substituents is 1. The first-order valence-corrected chi connectivity index (χ1v) is 14.2.